The summed E-state index contributed by atoms with van der Waals surface area (Å²) in [6, 6.07) is 13.0. The van der Waals surface area contributed by atoms with Crippen LogP contribution in [0.2, 0.25) is 0 Å². The van der Waals surface area contributed by atoms with Gasteiger partial charge in [0, 0.05) is 18.8 Å². The van der Waals surface area contributed by atoms with Crippen LogP contribution >= 0.6 is 0 Å². The van der Waals surface area contributed by atoms with Crippen molar-refractivity contribution in [3.05, 3.63) is 53.7 Å². The maximum absolute atomic E-state index is 11.2. The molecule has 1 aromatic carbocycles. The number of carbonyl (C=O) groups is 1. The maximum Gasteiger partial charge on any atom is 0.267 e. The predicted octanol–water partition coefficient (Wildman–Crippen LogP) is 1.79. The van der Waals surface area contributed by atoms with Gasteiger partial charge in [0.05, 0.1) is 0 Å². The van der Waals surface area contributed by atoms with Crippen molar-refractivity contribution in [3.63, 3.8) is 0 Å². The van der Waals surface area contributed by atoms with E-state index in [0.717, 1.165) is 23.6 Å². The third kappa shape index (κ3) is 3.26. The molecule has 0 bridgehead atoms. The second-order valence-electron chi connectivity index (χ2n) is 4.50. The molecule has 0 aliphatic rings. The number of nitrogens with two attached hydrogens (primary N) is 2. The van der Waals surface area contributed by atoms with Crippen LogP contribution in [0.1, 0.15) is 23.0 Å². The number of hydrogen-bond acceptors (Lipinski definition) is 4. The van der Waals surface area contributed by atoms with Crippen molar-refractivity contribution in [3.8, 4) is 0 Å². The van der Waals surface area contributed by atoms with Gasteiger partial charge < -0.3 is 16.4 Å². The molecular weight excluding hydrogens is 252 g/mol. The second kappa shape index (κ2) is 6.06. The smallest absolute Gasteiger partial charge is 0.267 e. The van der Waals surface area contributed by atoms with Crippen LogP contribution in [0.5, 0.6) is 0 Å². The van der Waals surface area contributed by atoms with E-state index in [9.17, 15) is 4.79 Å². The molecule has 1 aromatic heterocycles. The maximum atomic E-state index is 11.2. The molecule has 104 valence electrons. The van der Waals surface area contributed by atoms with Crippen LogP contribution in [-0.4, -0.2) is 17.4 Å². The lowest BCUT2D eigenvalue weighted by Gasteiger charge is -2.22. The van der Waals surface area contributed by atoms with Crippen LogP contribution in [0.25, 0.3) is 0 Å². The summed E-state index contributed by atoms with van der Waals surface area (Å²) < 4.78 is 0. The van der Waals surface area contributed by atoms with Gasteiger partial charge in [0.25, 0.3) is 5.91 Å². The van der Waals surface area contributed by atoms with Gasteiger partial charge in [0.15, 0.2) is 0 Å². The SMILES string of the molecule is CCN(Cc1ccc(N)cc1)c1cccc(C(N)=O)n1. The molecule has 0 unspecified atom stereocenters. The van der Waals surface area contributed by atoms with E-state index in [1.54, 1.807) is 12.1 Å². The first-order valence-electron chi connectivity index (χ1n) is 6.46. The molecule has 1 heterocycles. The summed E-state index contributed by atoms with van der Waals surface area (Å²) in [5.41, 5.74) is 13.1. The fourth-order valence-electron chi connectivity index (χ4n) is 1.93. The number of benzene rings is 1. The van der Waals surface area contributed by atoms with Gasteiger partial charge in [-0.2, -0.15) is 0 Å². The molecule has 2 aromatic rings. The van der Waals surface area contributed by atoms with Crippen molar-refractivity contribution in [2.75, 3.05) is 17.2 Å². The van der Waals surface area contributed by atoms with Gasteiger partial charge in [0.2, 0.25) is 0 Å². The van der Waals surface area contributed by atoms with Crippen LogP contribution in [-0.2, 0) is 6.54 Å². The number of rotatable bonds is 5. The zero-order chi connectivity index (χ0) is 14.5. The second-order valence-corrected chi connectivity index (χ2v) is 4.50. The Morgan fingerprint density at radius 2 is 1.90 bits per heavy atom. The standard InChI is InChI=1S/C15H18N4O/c1-2-19(10-11-6-8-12(16)9-7-11)14-5-3-4-13(18-14)15(17)20/h3-9H,2,10,16H2,1H3,(H2,17,20). The first-order valence-corrected chi connectivity index (χ1v) is 6.46. The zero-order valence-corrected chi connectivity index (χ0v) is 11.4. The number of nitrogen functional groups attached to an aromatic ring is 1. The summed E-state index contributed by atoms with van der Waals surface area (Å²) in [4.78, 5) is 17.5. The lowest BCUT2D eigenvalue weighted by molar-refractivity contribution is 0.0995. The molecule has 0 radical (unpaired) electrons. The van der Waals surface area contributed by atoms with E-state index < -0.39 is 5.91 Å². The Labute approximate surface area is 118 Å². The molecule has 0 spiro atoms. The fraction of sp³-hybridized carbons (Fsp3) is 0.200. The number of carbonyl (C=O) groups excluding carboxylic acids is 1. The van der Waals surface area contributed by atoms with E-state index in [1.807, 2.05) is 37.3 Å². The Morgan fingerprint density at radius 3 is 2.50 bits per heavy atom. The van der Waals surface area contributed by atoms with Gasteiger partial charge in [-0.1, -0.05) is 18.2 Å². The summed E-state index contributed by atoms with van der Waals surface area (Å²) in [7, 11) is 0. The quantitative estimate of drug-likeness (QED) is 0.811. The van der Waals surface area contributed by atoms with Gasteiger partial charge in [-0.3, -0.25) is 4.79 Å². The van der Waals surface area contributed by atoms with Crippen molar-refractivity contribution in [1.29, 1.82) is 0 Å². The number of primary amides is 1. The Balaban J connectivity index is 2.21. The highest BCUT2D eigenvalue weighted by Gasteiger charge is 2.09. The summed E-state index contributed by atoms with van der Waals surface area (Å²) in [6.07, 6.45) is 0. The van der Waals surface area contributed by atoms with Gasteiger partial charge >= 0.3 is 0 Å². The molecule has 5 heteroatoms. The minimum absolute atomic E-state index is 0.276. The summed E-state index contributed by atoms with van der Waals surface area (Å²) in [5, 5.41) is 0. The third-order valence-electron chi connectivity index (χ3n) is 3.05. The number of nitrogens with zero attached hydrogens (tertiary/aromatic N) is 2. The molecule has 4 N–H and O–H groups in total. The van der Waals surface area contributed by atoms with E-state index in [0.29, 0.717) is 6.54 Å². The number of aromatic nitrogens is 1. The highest BCUT2D eigenvalue weighted by Crippen LogP contribution is 2.16. The first-order chi connectivity index (χ1) is 9.60. The average Bonchev–Trinajstić information content (AvgIpc) is 2.46. The Morgan fingerprint density at radius 1 is 1.20 bits per heavy atom. The predicted molar refractivity (Wildman–Crippen MR) is 80.3 cm³/mol. The minimum Gasteiger partial charge on any atom is -0.399 e. The Bertz CT molecular complexity index is 595. The van der Waals surface area contributed by atoms with Crippen LogP contribution in [0.15, 0.2) is 42.5 Å². The average molecular weight is 270 g/mol. The number of hydrogen-bond donors (Lipinski definition) is 2. The summed E-state index contributed by atoms with van der Waals surface area (Å²) in [5.74, 6) is 0.219. The molecule has 5 nitrogen and oxygen atoms in total. The monoisotopic (exact) mass is 270 g/mol. The molecule has 0 saturated heterocycles. The van der Waals surface area contributed by atoms with Crippen LogP contribution in [0.4, 0.5) is 11.5 Å². The molecule has 0 fully saturated rings. The lowest BCUT2D eigenvalue weighted by atomic mass is 10.2. The van der Waals surface area contributed by atoms with E-state index in [2.05, 4.69) is 9.88 Å². The van der Waals surface area contributed by atoms with Crippen molar-refractivity contribution in [2.45, 2.75) is 13.5 Å². The van der Waals surface area contributed by atoms with Crippen LogP contribution in [0, 0.1) is 0 Å². The molecule has 0 aliphatic carbocycles. The minimum atomic E-state index is -0.518. The van der Waals surface area contributed by atoms with Crippen molar-refractivity contribution in [2.24, 2.45) is 5.73 Å². The number of pyridine rings is 1. The molecule has 0 aliphatic heterocycles. The normalized spacial score (nSPS) is 10.2. The van der Waals surface area contributed by atoms with Gasteiger partial charge in [0.1, 0.15) is 11.5 Å². The molecule has 2 rings (SSSR count). The molecule has 20 heavy (non-hydrogen) atoms. The van der Waals surface area contributed by atoms with Gasteiger partial charge in [-0.15, -0.1) is 0 Å². The van der Waals surface area contributed by atoms with Gasteiger partial charge in [-0.05, 0) is 36.8 Å². The van der Waals surface area contributed by atoms with Crippen molar-refractivity contribution < 1.29 is 4.79 Å². The Hall–Kier alpha value is -2.56. The van der Waals surface area contributed by atoms with Crippen LogP contribution in [0.3, 0.4) is 0 Å². The van der Waals surface area contributed by atoms with E-state index in [1.165, 1.54) is 0 Å². The fourth-order valence-corrected chi connectivity index (χ4v) is 1.93. The molecule has 0 saturated carbocycles. The first kappa shape index (κ1) is 13.9. The third-order valence-corrected chi connectivity index (χ3v) is 3.05. The lowest BCUT2D eigenvalue weighted by Crippen LogP contribution is -2.24. The number of anilines is 2. The van der Waals surface area contributed by atoms with E-state index in [4.69, 9.17) is 11.5 Å². The largest absolute Gasteiger partial charge is 0.399 e. The van der Waals surface area contributed by atoms with Crippen molar-refractivity contribution in [1.82, 2.24) is 4.98 Å². The van der Waals surface area contributed by atoms with Crippen LogP contribution < -0.4 is 16.4 Å². The van der Waals surface area contributed by atoms with E-state index >= 15 is 0 Å². The highest BCUT2D eigenvalue weighted by molar-refractivity contribution is 5.91. The summed E-state index contributed by atoms with van der Waals surface area (Å²) >= 11 is 0. The zero-order valence-electron chi connectivity index (χ0n) is 11.4. The Kier molecular flexibility index (Phi) is 4.20. The molecular formula is C15H18N4O. The summed E-state index contributed by atoms with van der Waals surface area (Å²) in [6.45, 7) is 3.52. The van der Waals surface area contributed by atoms with Crippen molar-refractivity contribution >= 4 is 17.4 Å². The van der Waals surface area contributed by atoms with E-state index in [-0.39, 0.29) is 5.69 Å². The highest BCUT2D eigenvalue weighted by atomic mass is 16.1. The molecule has 1 amide bonds. The topological polar surface area (TPSA) is 85.2 Å². The molecule has 0 atom stereocenters. The number of amides is 1. The van der Waals surface area contributed by atoms with Gasteiger partial charge in [-0.25, -0.2) is 4.98 Å².